The first-order valence-corrected chi connectivity index (χ1v) is 14.9. The maximum absolute atomic E-state index is 14.9. The summed E-state index contributed by atoms with van der Waals surface area (Å²) in [6.45, 7) is 17.6. The SMILES string of the molecule is C=CCCOC(=O)[C@@H]1[C@H]2C(=O)N([C@@H](CO)CC(C)C)C(C(=O)N(CC=C)c3cc(C)ccc3C)C23CC[C@@]1(CC)O3. The number of aliphatic hydroxyl groups excluding tert-OH is 1. The van der Waals surface area contributed by atoms with Crippen LogP contribution in [0.25, 0.3) is 0 Å². The monoisotopic (exact) mass is 566 g/mol. The second-order valence-corrected chi connectivity index (χ2v) is 12.3. The predicted molar refractivity (Wildman–Crippen MR) is 158 cm³/mol. The van der Waals surface area contributed by atoms with E-state index in [9.17, 15) is 19.5 Å². The zero-order valence-corrected chi connectivity index (χ0v) is 25.2. The molecule has 6 atom stereocenters. The highest BCUT2D eigenvalue weighted by Crippen LogP contribution is 2.65. The number of aliphatic hydroxyl groups is 1. The molecule has 8 heteroatoms. The van der Waals surface area contributed by atoms with Gasteiger partial charge in [-0.3, -0.25) is 14.4 Å². The lowest BCUT2D eigenvalue weighted by Crippen LogP contribution is -2.59. The summed E-state index contributed by atoms with van der Waals surface area (Å²) < 4.78 is 12.5. The van der Waals surface area contributed by atoms with Gasteiger partial charge in [0, 0.05) is 12.2 Å². The van der Waals surface area contributed by atoms with Crippen molar-refractivity contribution >= 4 is 23.5 Å². The summed E-state index contributed by atoms with van der Waals surface area (Å²) in [4.78, 5) is 46.3. The Hall–Kier alpha value is -2.97. The molecule has 3 saturated heterocycles. The van der Waals surface area contributed by atoms with Gasteiger partial charge < -0.3 is 24.4 Å². The van der Waals surface area contributed by atoms with E-state index in [1.807, 2.05) is 52.8 Å². The van der Waals surface area contributed by atoms with E-state index in [2.05, 4.69) is 13.2 Å². The normalized spacial score (nSPS) is 29.0. The van der Waals surface area contributed by atoms with Gasteiger partial charge in [-0.25, -0.2) is 0 Å². The van der Waals surface area contributed by atoms with Crippen molar-refractivity contribution in [3.8, 4) is 0 Å². The van der Waals surface area contributed by atoms with E-state index in [0.717, 1.165) is 16.8 Å². The molecule has 1 aromatic carbocycles. The lowest BCUT2D eigenvalue weighted by Gasteiger charge is -2.40. The Kier molecular flexibility index (Phi) is 9.14. The summed E-state index contributed by atoms with van der Waals surface area (Å²) in [5, 5.41) is 10.6. The average Bonchev–Trinajstić information content (AvgIpc) is 3.55. The highest BCUT2D eigenvalue weighted by Gasteiger charge is 2.79. The van der Waals surface area contributed by atoms with Gasteiger partial charge in [0.1, 0.15) is 17.6 Å². The molecule has 224 valence electrons. The van der Waals surface area contributed by atoms with E-state index in [4.69, 9.17) is 9.47 Å². The fourth-order valence-electron chi connectivity index (χ4n) is 7.43. The van der Waals surface area contributed by atoms with Crippen LogP contribution in [0, 0.1) is 31.6 Å². The lowest BCUT2D eigenvalue weighted by atomic mass is 9.65. The maximum atomic E-state index is 14.9. The molecule has 0 saturated carbocycles. The molecule has 2 bridgehead atoms. The number of hydrogen-bond donors (Lipinski definition) is 1. The second kappa shape index (κ2) is 12.1. The molecular formula is C33H46N2O6. The highest BCUT2D eigenvalue weighted by molar-refractivity contribution is 6.05. The highest BCUT2D eigenvalue weighted by atomic mass is 16.6. The molecule has 41 heavy (non-hydrogen) atoms. The predicted octanol–water partition coefficient (Wildman–Crippen LogP) is 4.50. The van der Waals surface area contributed by atoms with E-state index in [-0.39, 0.29) is 37.5 Å². The quantitative estimate of drug-likeness (QED) is 0.215. The number of aryl methyl sites for hydroxylation is 2. The van der Waals surface area contributed by atoms with Crippen molar-refractivity contribution in [2.75, 3.05) is 24.7 Å². The van der Waals surface area contributed by atoms with E-state index in [1.54, 1.807) is 22.0 Å². The van der Waals surface area contributed by atoms with Crippen molar-refractivity contribution < 1.29 is 29.0 Å². The van der Waals surface area contributed by atoms with E-state index >= 15 is 0 Å². The molecule has 1 aromatic rings. The molecule has 8 nitrogen and oxygen atoms in total. The Balaban J connectivity index is 1.87. The van der Waals surface area contributed by atoms with Gasteiger partial charge in [-0.1, -0.05) is 45.1 Å². The van der Waals surface area contributed by atoms with Crippen molar-refractivity contribution in [3.05, 3.63) is 54.6 Å². The Bertz CT molecular complexity index is 1200. The van der Waals surface area contributed by atoms with Gasteiger partial charge in [-0.05, 0) is 69.1 Å². The van der Waals surface area contributed by atoms with Gasteiger partial charge in [0.2, 0.25) is 5.91 Å². The van der Waals surface area contributed by atoms with Crippen LogP contribution in [0.4, 0.5) is 5.69 Å². The molecular weight excluding hydrogens is 520 g/mol. The molecule has 0 aromatic heterocycles. The lowest BCUT2D eigenvalue weighted by molar-refractivity contribution is -0.162. The summed E-state index contributed by atoms with van der Waals surface area (Å²) in [5.41, 5.74) is 0.576. The third-order valence-corrected chi connectivity index (χ3v) is 9.25. The minimum absolute atomic E-state index is 0.163. The summed E-state index contributed by atoms with van der Waals surface area (Å²) in [5.74, 6) is -2.61. The van der Waals surface area contributed by atoms with Crippen molar-refractivity contribution in [1.82, 2.24) is 4.90 Å². The van der Waals surface area contributed by atoms with Gasteiger partial charge in [-0.15, -0.1) is 13.2 Å². The molecule has 1 spiro atoms. The van der Waals surface area contributed by atoms with Gasteiger partial charge >= 0.3 is 5.97 Å². The Morgan fingerprint density at radius 2 is 1.98 bits per heavy atom. The van der Waals surface area contributed by atoms with Crippen LogP contribution >= 0.6 is 0 Å². The number of rotatable bonds is 13. The number of nitrogens with zero attached hydrogens (tertiary/aromatic N) is 2. The number of anilines is 1. The number of likely N-dealkylation sites (tertiary alicyclic amines) is 1. The maximum Gasteiger partial charge on any atom is 0.312 e. The number of carbonyl (C=O) groups is 3. The van der Waals surface area contributed by atoms with Gasteiger partial charge in [0.25, 0.3) is 5.91 Å². The van der Waals surface area contributed by atoms with Crippen molar-refractivity contribution in [1.29, 1.82) is 0 Å². The standard InChI is InChI=1S/C33H46N2O6/c1-8-11-17-40-31(39)27-26-29(37)35(24(20-36)18-21(4)5)28(33(26)15-14-32(27,10-3)41-33)30(38)34(16-9-2)25-19-22(6)12-13-23(25)7/h8-9,12-13,19,21,24,26-28,36H,1-2,10-11,14-18,20H2,3-7H3/t24-,26+,27+,28?,32-,33?/m1/s1. The van der Waals surface area contributed by atoms with Crippen LogP contribution in [0.3, 0.4) is 0 Å². The Morgan fingerprint density at radius 1 is 1.24 bits per heavy atom. The Labute approximate surface area is 244 Å². The topological polar surface area (TPSA) is 96.4 Å². The first kappa shape index (κ1) is 31.0. The minimum atomic E-state index is -1.20. The molecule has 2 unspecified atom stereocenters. The summed E-state index contributed by atoms with van der Waals surface area (Å²) in [7, 11) is 0. The second-order valence-electron chi connectivity index (χ2n) is 12.3. The number of carbonyl (C=O) groups excluding carboxylic acids is 3. The van der Waals surface area contributed by atoms with E-state index in [1.165, 1.54) is 0 Å². The van der Waals surface area contributed by atoms with Crippen molar-refractivity contribution in [3.63, 3.8) is 0 Å². The molecule has 3 aliphatic rings. The zero-order chi connectivity index (χ0) is 30.1. The first-order valence-electron chi connectivity index (χ1n) is 14.9. The molecule has 0 aliphatic carbocycles. The number of fused-ring (bicyclic) bond motifs is 1. The minimum Gasteiger partial charge on any atom is -0.465 e. The van der Waals surface area contributed by atoms with Crippen LogP contribution in [0.15, 0.2) is 43.5 Å². The number of ether oxygens (including phenoxy) is 2. The molecule has 2 amide bonds. The van der Waals surface area contributed by atoms with Crippen LogP contribution in [0.1, 0.15) is 64.0 Å². The fraction of sp³-hybridized carbons (Fsp3) is 0.606. The van der Waals surface area contributed by atoms with Crippen LogP contribution in [-0.4, -0.2) is 70.8 Å². The van der Waals surface area contributed by atoms with Crippen LogP contribution in [0.5, 0.6) is 0 Å². The molecule has 3 heterocycles. The van der Waals surface area contributed by atoms with Crippen molar-refractivity contribution in [2.45, 2.75) is 90.0 Å². The van der Waals surface area contributed by atoms with Crippen molar-refractivity contribution in [2.24, 2.45) is 17.8 Å². The average molecular weight is 567 g/mol. The number of benzene rings is 1. The number of amides is 2. The Morgan fingerprint density at radius 3 is 2.59 bits per heavy atom. The third kappa shape index (κ3) is 5.14. The third-order valence-electron chi connectivity index (χ3n) is 9.25. The first-order chi connectivity index (χ1) is 19.5. The molecule has 3 fully saturated rings. The summed E-state index contributed by atoms with van der Waals surface area (Å²) in [6, 6.07) is 4.33. The molecule has 1 N–H and O–H groups in total. The molecule has 0 radical (unpaired) electrons. The fourth-order valence-corrected chi connectivity index (χ4v) is 7.43. The molecule has 3 aliphatic heterocycles. The summed E-state index contributed by atoms with van der Waals surface area (Å²) in [6.07, 6.45) is 5.89. The number of hydrogen-bond acceptors (Lipinski definition) is 6. The number of esters is 1. The smallest absolute Gasteiger partial charge is 0.312 e. The zero-order valence-electron chi connectivity index (χ0n) is 25.2. The van der Waals surface area contributed by atoms with Crippen LogP contribution in [-0.2, 0) is 23.9 Å². The van der Waals surface area contributed by atoms with Gasteiger partial charge in [-0.2, -0.15) is 0 Å². The largest absolute Gasteiger partial charge is 0.465 e. The van der Waals surface area contributed by atoms with Gasteiger partial charge in [0.15, 0.2) is 0 Å². The van der Waals surface area contributed by atoms with Crippen LogP contribution < -0.4 is 4.90 Å². The van der Waals surface area contributed by atoms with Crippen LogP contribution in [0.2, 0.25) is 0 Å². The molecule has 4 rings (SSSR count). The van der Waals surface area contributed by atoms with E-state index < -0.39 is 41.1 Å². The van der Waals surface area contributed by atoms with E-state index in [0.29, 0.717) is 32.1 Å². The summed E-state index contributed by atoms with van der Waals surface area (Å²) >= 11 is 0. The van der Waals surface area contributed by atoms with Gasteiger partial charge in [0.05, 0.1) is 30.8 Å².